The Labute approximate surface area is 171 Å². The number of halogens is 3. The number of rotatable bonds is 3. The van der Waals surface area contributed by atoms with Crippen molar-refractivity contribution in [1.82, 2.24) is 19.4 Å². The van der Waals surface area contributed by atoms with Crippen molar-refractivity contribution in [3.05, 3.63) is 51.8 Å². The molecule has 0 saturated carbocycles. The summed E-state index contributed by atoms with van der Waals surface area (Å²) in [5, 5.41) is 0. The molecule has 2 aromatic heterocycles. The smallest absolute Gasteiger partial charge is 0.356 e. The Hall–Kier alpha value is -2.91. The summed E-state index contributed by atoms with van der Waals surface area (Å²) in [6.07, 6.45) is -2.15. The first-order valence-electron chi connectivity index (χ1n) is 9.72. The Morgan fingerprint density at radius 3 is 2.33 bits per heavy atom. The molecule has 2 atom stereocenters. The average Bonchev–Trinajstić information content (AvgIpc) is 3.27. The Balaban J connectivity index is 1.37. The van der Waals surface area contributed by atoms with Gasteiger partial charge in [0.1, 0.15) is 12.4 Å². The van der Waals surface area contributed by atoms with Gasteiger partial charge < -0.3 is 9.80 Å². The molecule has 2 aliphatic rings. The van der Waals surface area contributed by atoms with E-state index in [1.54, 1.807) is 18.7 Å². The highest BCUT2D eigenvalue weighted by Gasteiger charge is 2.42. The van der Waals surface area contributed by atoms with Gasteiger partial charge in [0.15, 0.2) is 0 Å². The maximum Gasteiger partial charge on any atom is 0.417 e. The first-order chi connectivity index (χ1) is 14.1. The van der Waals surface area contributed by atoms with Crippen LogP contribution in [-0.2, 0) is 17.5 Å². The second-order valence-corrected chi connectivity index (χ2v) is 8.01. The van der Waals surface area contributed by atoms with E-state index in [-0.39, 0.29) is 29.8 Å². The molecule has 7 nitrogen and oxygen atoms in total. The van der Waals surface area contributed by atoms with Crippen molar-refractivity contribution in [2.45, 2.75) is 26.6 Å². The van der Waals surface area contributed by atoms with Gasteiger partial charge >= 0.3 is 6.18 Å². The molecule has 2 saturated heterocycles. The van der Waals surface area contributed by atoms with Crippen LogP contribution in [0.1, 0.15) is 16.8 Å². The molecule has 0 aliphatic carbocycles. The fourth-order valence-corrected chi connectivity index (χ4v) is 4.16. The third-order valence-electron chi connectivity index (χ3n) is 6.06. The Morgan fingerprint density at radius 2 is 1.77 bits per heavy atom. The predicted molar refractivity (Wildman–Crippen MR) is 103 cm³/mol. The Bertz CT molecular complexity index is 1000. The molecule has 0 aromatic carbocycles. The molecule has 30 heavy (non-hydrogen) atoms. The zero-order valence-electron chi connectivity index (χ0n) is 16.7. The summed E-state index contributed by atoms with van der Waals surface area (Å²) in [4.78, 5) is 36.8. The standard InChI is InChI=1S/C20H22F3N5O2/c1-12-13(2)25-11-28(19(12)30)10-18(29)27-8-14-6-26(7-15(14)9-27)17-4-3-16(5-24-17)20(21,22)23/h3-5,11,14-15H,6-10H2,1-2H3. The molecule has 2 aromatic rings. The average molecular weight is 421 g/mol. The summed E-state index contributed by atoms with van der Waals surface area (Å²) in [5.74, 6) is 0.846. The van der Waals surface area contributed by atoms with E-state index in [9.17, 15) is 22.8 Å². The predicted octanol–water partition coefficient (Wildman–Crippen LogP) is 1.87. The molecule has 4 heterocycles. The van der Waals surface area contributed by atoms with Crippen LogP contribution in [0.4, 0.5) is 19.0 Å². The SMILES string of the molecule is Cc1ncn(CC(=O)N2CC3CN(c4ccc(C(F)(F)F)cn4)CC3C2)c(=O)c1C. The van der Waals surface area contributed by atoms with Crippen LogP contribution in [-0.4, -0.2) is 51.5 Å². The molecular formula is C20H22F3N5O2. The topological polar surface area (TPSA) is 71.3 Å². The lowest BCUT2D eigenvalue weighted by atomic mass is 10.0. The zero-order valence-corrected chi connectivity index (χ0v) is 16.7. The molecule has 2 unspecified atom stereocenters. The van der Waals surface area contributed by atoms with Crippen LogP contribution >= 0.6 is 0 Å². The highest BCUT2D eigenvalue weighted by Crippen LogP contribution is 2.34. The van der Waals surface area contributed by atoms with Crippen LogP contribution in [0, 0.1) is 25.7 Å². The number of aryl methyl sites for hydroxylation is 1. The van der Waals surface area contributed by atoms with Crippen LogP contribution in [0.3, 0.4) is 0 Å². The van der Waals surface area contributed by atoms with Gasteiger partial charge in [-0.25, -0.2) is 9.97 Å². The van der Waals surface area contributed by atoms with Gasteiger partial charge in [0.25, 0.3) is 5.56 Å². The summed E-state index contributed by atoms with van der Waals surface area (Å²) in [5.41, 5.74) is 0.202. The number of alkyl halides is 3. The third-order valence-corrected chi connectivity index (χ3v) is 6.06. The van der Waals surface area contributed by atoms with Gasteiger partial charge in [-0.05, 0) is 26.0 Å². The second kappa shape index (κ2) is 7.41. The summed E-state index contributed by atoms with van der Waals surface area (Å²) in [7, 11) is 0. The number of hydrogen-bond donors (Lipinski definition) is 0. The lowest BCUT2D eigenvalue weighted by Crippen LogP contribution is -2.38. The first-order valence-corrected chi connectivity index (χ1v) is 9.72. The maximum atomic E-state index is 12.7. The molecule has 160 valence electrons. The highest BCUT2D eigenvalue weighted by atomic mass is 19.4. The van der Waals surface area contributed by atoms with Gasteiger partial charge in [0.05, 0.1) is 11.9 Å². The number of pyridine rings is 1. The van der Waals surface area contributed by atoms with Crippen LogP contribution in [0.15, 0.2) is 29.5 Å². The summed E-state index contributed by atoms with van der Waals surface area (Å²) < 4.78 is 39.5. The van der Waals surface area contributed by atoms with E-state index in [2.05, 4.69) is 9.97 Å². The van der Waals surface area contributed by atoms with Crippen molar-refractivity contribution in [3.8, 4) is 0 Å². The van der Waals surface area contributed by atoms with E-state index >= 15 is 0 Å². The Morgan fingerprint density at radius 1 is 1.10 bits per heavy atom. The van der Waals surface area contributed by atoms with Crippen molar-refractivity contribution in [3.63, 3.8) is 0 Å². The molecule has 2 aliphatic heterocycles. The number of carbonyl (C=O) groups excluding carboxylic acids is 1. The van der Waals surface area contributed by atoms with Crippen molar-refractivity contribution in [2.75, 3.05) is 31.1 Å². The fraction of sp³-hybridized carbons (Fsp3) is 0.500. The number of aromatic nitrogens is 3. The number of carbonyl (C=O) groups is 1. The fourth-order valence-electron chi connectivity index (χ4n) is 4.16. The summed E-state index contributed by atoms with van der Waals surface area (Å²) >= 11 is 0. The van der Waals surface area contributed by atoms with Gasteiger partial charge in [-0.2, -0.15) is 13.2 Å². The van der Waals surface area contributed by atoms with E-state index in [1.807, 2.05) is 4.90 Å². The minimum Gasteiger partial charge on any atom is -0.356 e. The van der Waals surface area contributed by atoms with E-state index in [0.29, 0.717) is 43.3 Å². The van der Waals surface area contributed by atoms with E-state index < -0.39 is 11.7 Å². The van der Waals surface area contributed by atoms with E-state index in [4.69, 9.17) is 0 Å². The molecule has 0 spiro atoms. The number of fused-ring (bicyclic) bond motifs is 1. The van der Waals surface area contributed by atoms with Crippen LogP contribution < -0.4 is 10.5 Å². The zero-order chi connectivity index (χ0) is 21.6. The molecule has 0 radical (unpaired) electrons. The maximum absolute atomic E-state index is 12.7. The molecule has 2 fully saturated rings. The third kappa shape index (κ3) is 3.78. The van der Waals surface area contributed by atoms with Gasteiger partial charge in [-0.1, -0.05) is 0 Å². The van der Waals surface area contributed by atoms with Crippen molar-refractivity contribution >= 4 is 11.7 Å². The number of hydrogen-bond acceptors (Lipinski definition) is 5. The second-order valence-electron chi connectivity index (χ2n) is 8.01. The van der Waals surface area contributed by atoms with Gasteiger partial charge in [0, 0.05) is 55.5 Å². The summed E-state index contributed by atoms with van der Waals surface area (Å²) in [6, 6.07) is 2.44. The number of nitrogens with zero attached hydrogens (tertiary/aromatic N) is 5. The number of anilines is 1. The van der Waals surface area contributed by atoms with Gasteiger partial charge in [0.2, 0.25) is 5.91 Å². The van der Waals surface area contributed by atoms with Crippen LogP contribution in [0.25, 0.3) is 0 Å². The molecule has 1 amide bonds. The monoisotopic (exact) mass is 421 g/mol. The minimum atomic E-state index is -4.40. The quantitative estimate of drug-likeness (QED) is 0.757. The van der Waals surface area contributed by atoms with Crippen LogP contribution in [0.2, 0.25) is 0 Å². The van der Waals surface area contributed by atoms with Crippen LogP contribution in [0.5, 0.6) is 0 Å². The summed E-state index contributed by atoms with van der Waals surface area (Å²) in [6.45, 7) is 5.80. The molecule has 0 N–H and O–H groups in total. The lowest BCUT2D eigenvalue weighted by Gasteiger charge is -2.23. The van der Waals surface area contributed by atoms with Crippen molar-refractivity contribution in [1.29, 1.82) is 0 Å². The highest BCUT2D eigenvalue weighted by molar-refractivity contribution is 5.76. The number of amides is 1. The first kappa shape index (κ1) is 20.4. The molecular weight excluding hydrogens is 399 g/mol. The van der Waals surface area contributed by atoms with E-state index in [1.165, 1.54) is 17.0 Å². The minimum absolute atomic E-state index is 0.0451. The lowest BCUT2D eigenvalue weighted by molar-refractivity contribution is -0.137. The van der Waals surface area contributed by atoms with Gasteiger partial charge in [-0.15, -0.1) is 0 Å². The normalized spacial score (nSPS) is 21.2. The number of likely N-dealkylation sites (tertiary alicyclic amines) is 1. The largest absolute Gasteiger partial charge is 0.417 e. The Kier molecular flexibility index (Phi) is 5.03. The molecule has 4 rings (SSSR count). The van der Waals surface area contributed by atoms with Gasteiger partial charge in [-0.3, -0.25) is 14.2 Å². The van der Waals surface area contributed by atoms with Crippen molar-refractivity contribution < 1.29 is 18.0 Å². The molecule has 10 heteroatoms. The van der Waals surface area contributed by atoms with Crippen molar-refractivity contribution in [2.24, 2.45) is 11.8 Å². The molecule has 0 bridgehead atoms. The van der Waals surface area contributed by atoms with E-state index in [0.717, 1.165) is 12.3 Å².